The maximum atomic E-state index is 12.9. The molecule has 1 heterocycles. The zero-order valence-corrected chi connectivity index (χ0v) is 17.9. The number of hydrogen-bond acceptors (Lipinski definition) is 3. The lowest BCUT2D eigenvalue weighted by Gasteiger charge is -2.32. The molecule has 2 aromatic carbocycles. The summed E-state index contributed by atoms with van der Waals surface area (Å²) in [6.45, 7) is 4.39. The highest BCUT2D eigenvalue weighted by atomic mass is 19.4. The SMILES string of the molecule is CC(c1ccc2ccc(OC3CCC(C(F)(F)F)CC3)c(C#N)c2c1)N1CCCCC1. The van der Waals surface area contributed by atoms with E-state index in [-0.39, 0.29) is 25.0 Å². The van der Waals surface area contributed by atoms with E-state index in [0.29, 0.717) is 24.2 Å². The molecule has 4 rings (SSSR count). The van der Waals surface area contributed by atoms with E-state index < -0.39 is 12.1 Å². The Morgan fingerprint density at radius 1 is 1.03 bits per heavy atom. The quantitative estimate of drug-likeness (QED) is 0.538. The van der Waals surface area contributed by atoms with Crippen LogP contribution in [-0.2, 0) is 0 Å². The summed E-state index contributed by atoms with van der Waals surface area (Å²) in [4.78, 5) is 2.48. The zero-order chi connectivity index (χ0) is 22.0. The average molecular weight is 431 g/mol. The molecule has 1 saturated heterocycles. The third-order valence-corrected chi connectivity index (χ3v) is 6.97. The fourth-order valence-electron chi connectivity index (χ4n) is 4.99. The van der Waals surface area contributed by atoms with E-state index >= 15 is 0 Å². The van der Waals surface area contributed by atoms with Crippen molar-refractivity contribution in [3.8, 4) is 11.8 Å². The van der Waals surface area contributed by atoms with E-state index in [0.717, 1.165) is 23.9 Å². The van der Waals surface area contributed by atoms with Gasteiger partial charge in [-0.3, -0.25) is 4.90 Å². The Morgan fingerprint density at radius 2 is 1.71 bits per heavy atom. The predicted octanol–water partition coefficient (Wildman–Crippen LogP) is 6.76. The minimum atomic E-state index is -4.13. The van der Waals surface area contributed by atoms with Crippen molar-refractivity contribution in [1.29, 1.82) is 5.26 Å². The van der Waals surface area contributed by atoms with Gasteiger partial charge in [0.2, 0.25) is 0 Å². The van der Waals surface area contributed by atoms with Crippen LogP contribution in [0.1, 0.15) is 69.0 Å². The van der Waals surface area contributed by atoms with Gasteiger partial charge in [-0.15, -0.1) is 0 Å². The number of piperidine rings is 1. The molecule has 2 aromatic rings. The van der Waals surface area contributed by atoms with Crippen LogP contribution in [0.4, 0.5) is 13.2 Å². The van der Waals surface area contributed by atoms with Crippen LogP contribution >= 0.6 is 0 Å². The van der Waals surface area contributed by atoms with Crippen molar-refractivity contribution in [3.63, 3.8) is 0 Å². The Morgan fingerprint density at radius 3 is 2.35 bits per heavy atom. The lowest BCUT2D eigenvalue weighted by Crippen LogP contribution is -2.32. The Hall–Kier alpha value is -2.26. The first-order valence-electron chi connectivity index (χ1n) is 11.3. The van der Waals surface area contributed by atoms with Crippen LogP contribution in [-0.4, -0.2) is 30.3 Å². The highest BCUT2D eigenvalue weighted by Gasteiger charge is 2.41. The minimum Gasteiger partial charge on any atom is -0.489 e. The van der Waals surface area contributed by atoms with Gasteiger partial charge in [-0.1, -0.05) is 24.6 Å². The largest absolute Gasteiger partial charge is 0.489 e. The molecule has 2 fully saturated rings. The van der Waals surface area contributed by atoms with E-state index in [1.54, 1.807) is 6.07 Å². The summed E-state index contributed by atoms with van der Waals surface area (Å²) >= 11 is 0. The molecule has 166 valence electrons. The zero-order valence-electron chi connectivity index (χ0n) is 17.9. The minimum absolute atomic E-state index is 0.0845. The second-order valence-corrected chi connectivity index (χ2v) is 8.94. The van der Waals surface area contributed by atoms with Gasteiger partial charge in [0.1, 0.15) is 17.4 Å². The van der Waals surface area contributed by atoms with Crippen molar-refractivity contribution in [2.24, 2.45) is 5.92 Å². The standard InChI is InChI=1S/C25H29F3N2O/c1-17(30-13-3-2-4-14-30)19-6-5-18-7-12-24(23(16-29)22(18)15-19)31-21-10-8-20(9-11-21)25(26,27)28/h5-7,12,15,17,20-21H,2-4,8-11,13-14H2,1H3. The fraction of sp³-hybridized carbons (Fsp3) is 0.560. The van der Waals surface area contributed by atoms with Crippen LogP contribution in [0.2, 0.25) is 0 Å². The molecule has 0 amide bonds. The molecule has 1 saturated carbocycles. The lowest BCUT2D eigenvalue weighted by molar-refractivity contribution is -0.185. The number of ether oxygens (including phenoxy) is 1. The number of benzene rings is 2. The van der Waals surface area contributed by atoms with Crippen molar-refractivity contribution in [2.75, 3.05) is 13.1 Å². The van der Waals surface area contributed by atoms with Gasteiger partial charge in [0.25, 0.3) is 0 Å². The van der Waals surface area contributed by atoms with Gasteiger partial charge in [0.15, 0.2) is 0 Å². The molecule has 0 spiro atoms. The maximum absolute atomic E-state index is 12.9. The van der Waals surface area contributed by atoms with Crippen molar-refractivity contribution in [2.45, 2.75) is 70.2 Å². The molecule has 0 radical (unpaired) electrons. The maximum Gasteiger partial charge on any atom is 0.391 e. The second-order valence-electron chi connectivity index (χ2n) is 8.94. The first kappa shape index (κ1) is 22.0. The van der Waals surface area contributed by atoms with Gasteiger partial charge in [-0.25, -0.2) is 0 Å². The molecule has 2 aliphatic rings. The van der Waals surface area contributed by atoms with Gasteiger partial charge in [0, 0.05) is 11.4 Å². The third-order valence-electron chi connectivity index (χ3n) is 6.97. The molecule has 6 heteroatoms. The Labute approximate surface area is 181 Å². The first-order valence-corrected chi connectivity index (χ1v) is 11.3. The van der Waals surface area contributed by atoms with Crippen LogP contribution in [0, 0.1) is 17.2 Å². The highest BCUT2D eigenvalue weighted by Crippen LogP contribution is 2.39. The van der Waals surface area contributed by atoms with Gasteiger partial charge >= 0.3 is 6.18 Å². The van der Waals surface area contributed by atoms with Gasteiger partial charge in [-0.05, 0) is 81.6 Å². The van der Waals surface area contributed by atoms with Gasteiger partial charge in [0.05, 0.1) is 12.0 Å². The number of nitrogens with zero attached hydrogens (tertiary/aromatic N) is 2. The number of likely N-dealkylation sites (tertiary alicyclic amines) is 1. The van der Waals surface area contributed by atoms with E-state index in [2.05, 4.69) is 30.0 Å². The number of halogens is 3. The van der Waals surface area contributed by atoms with Crippen LogP contribution in [0.5, 0.6) is 5.75 Å². The Kier molecular flexibility index (Phi) is 6.43. The van der Waals surface area contributed by atoms with Gasteiger partial charge in [-0.2, -0.15) is 18.4 Å². The molecule has 1 unspecified atom stereocenters. The van der Waals surface area contributed by atoms with Crippen LogP contribution in [0.15, 0.2) is 30.3 Å². The number of nitriles is 1. The Bertz CT molecular complexity index is 952. The molecule has 1 atom stereocenters. The van der Waals surface area contributed by atoms with E-state index in [1.165, 1.54) is 24.8 Å². The molecule has 31 heavy (non-hydrogen) atoms. The number of rotatable bonds is 4. The monoisotopic (exact) mass is 430 g/mol. The van der Waals surface area contributed by atoms with Gasteiger partial charge < -0.3 is 4.74 Å². The first-order chi connectivity index (χ1) is 14.9. The van der Waals surface area contributed by atoms with E-state index in [1.807, 2.05) is 12.1 Å². The second kappa shape index (κ2) is 9.08. The number of fused-ring (bicyclic) bond motifs is 1. The average Bonchev–Trinajstić information content (AvgIpc) is 2.78. The summed E-state index contributed by atoms with van der Waals surface area (Å²) in [6, 6.07) is 12.5. The third kappa shape index (κ3) is 4.82. The molecule has 1 aliphatic heterocycles. The number of hydrogen-bond donors (Lipinski definition) is 0. The van der Waals surface area contributed by atoms with Crippen molar-refractivity contribution in [1.82, 2.24) is 4.90 Å². The lowest BCUT2D eigenvalue weighted by atomic mass is 9.87. The summed E-state index contributed by atoms with van der Waals surface area (Å²) in [6.07, 6.45) is 0.198. The molecule has 3 nitrogen and oxygen atoms in total. The molecule has 0 N–H and O–H groups in total. The molecule has 1 aliphatic carbocycles. The van der Waals surface area contributed by atoms with E-state index in [9.17, 15) is 18.4 Å². The molecular weight excluding hydrogens is 401 g/mol. The Balaban J connectivity index is 1.55. The summed E-state index contributed by atoms with van der Waals surface area (Å²) < 4.78 is 44.9. The summed E-state index contributed by atoms with van der Waals surface area (Å²) in [5.74, 6) is -0.758. The van der Waals surface area contributed by atoms with E-state index in [4.69, 9.17) is 4.74 Å². The van der Waals surface area contributed by atoms with Crippen LogP contribution in [0.25, 0.3) is 10.8 Å². The molecule has 0 aromatic heterocycles. The summed E-state index contributed by atoms with van der Waals surface area (Å²) in [5.41, 5.74) is 1.65. The van der Waals surface area contributed by atoms with Crippen molar-refractivity contribution >= 4 is 10.8 Å². The fourth-order valence-corrected chi connectivity index (χ4v) is 4.99. The van der Waals surface area contributed by atoms with Crippen molar-refractivity contribution in [3.05, 3.63) is 41.5 Å². The highest BCUT2D eigenvalue weighted by molar-refractivity contribution is 5.90. The van der Waals surface area contributed by atoms with Crippen LogP contribution in [0.3, 0.4) is 0 Å². The normalized spacial score (nSPS) is 24.0. The molecular formula is C25H29F3N2O. The summed E-state index contributed by atoms with van der Waals surface area (Å²) in [5, 5.41) is 11.7. The molecule has 0 bridgehead atoms. The number of alkyl halides is 3. The smallest absolute Gasteiger partial charge is 0.391 e. The van der Waals surface area contributed by atoms with Crippen LogP contribution < -0.4 is 4.74 Å². The summed E-state index contributed by atoms with van der Waals surface area (Å²) in [7, 11) is 0. The topological polar surface area (TPSA) is 36.3 Å². The van der Waals surface area contributed by atoms with Crippen molar-refractivity contribution < 1.29 is 17.9 Å². The predicted molar refractivity (Wildman–Crippen MR) is 115 cm³/mol.